The summed E-state index contributed by atoms with van der Waals surface area (Å²) in [6, 6.07) is -1.10. The third-order valence-corrected chi connectivity index (χ3v) is 4.06. The van der Waals surface area contributed by atoms with E-state index in [1.807, 2.05) is 0 Å². The van der Waals surface area contributed by atoms with E-state index in [-0.39, 0.29) is 6.42 Å². The van der Waals surface area contributed by atoms with Crippen LogP contribution in [0.25, 0.3) is 0 Å². The van der Waals surface area contributed by atoms with Gasteiger partial charge in [0.05, 0.1) is 0 Å². The number of ether oxygens (including phenoxy) is 1. The van der Waals surface area contributed by atoms with Crippen molar-refractivity contribution in [3.05, 3.63) is 18.0 Å². The molecule has 2 atom stereocenters. The fraction of sp³-hybridized carbons (Fsp3) is 0.667. The molecule has 2 rings (SSSR count). The van der Waals surface area contributed by atoms with Crippen LogP contribution in [-0.2, 0) is 16.0 Å². The van der Waals surface area contributed by atoms with Gasteiger partial charge in [0.25, 0.3) is 0 Å². The van der Waals surface area contributed by atoms with Gasteiger partial charge in [0, 0.05) is 31.9 Å². The first-order valence-corrected chi connectivity index (χ1v) is 8.92. The molecule has 2 N–H and O–H groups in total. The zero-order chi connectivity index (χ0) is 19.3. The Morgan fingerprint density at radius 3 is 2.58 bits per heavy atom. The monoisotopic (exact) mass is 364 g/mol. The topological polar surface area (TPSA) is 105 Å². The maximum atomic E-state index is 11.8. The second-order valence-electron chi connectivity index (χ2n) is 7.83. The smallest absolute Gasteiger partial charge is 0.408 e. The van der Waals surface area contributed by atoms with E-state index in [2.05, 4.69) is 27.1 Å². The molecule has 26 heavy (non-hydrogen) atoms. The number of piperidine rings is 1. The average molecular weight is 364 g/mol. The quantitative estimate of drug-likeness (QED) is 0.825. The van der Waals surface area contributed by atoms with Gasteiger partial charge < -0.3 is 20.1 Å². The van der Waals surface area contributed by atoms with Crippen LogP contribution in [0.5, 0.6) is 0 Å². The first-order valence-electron chi connectivity index (χ1n) is 8.92. The Balaban J connectivity index is 1.98. The molecule has 1 aromatic heterocycles. The van der Waals surface area contributed by atoms with Crippen LogP contribution in [0, 0.1) is 5.92 Å². The van der Waals surface area contributed by atoms with E-state index < -0.39 is 23.7 Å². The zero-order valence-electron chi connectivity index (χ0n) is 15.9. The van der Waals surface area contributed by atoms with Crippen molar-refractivity contribution < 1.29 is 19.4 Å². The number of nitrogens with one attached hydrogen (secondary N) is 1. The minimum absolute atomic E-state index is 0.0886. The molecule has 1 aliphatic rings. The highest BCUT2D eigenvalue weighted by Gasteiger charge is 2.25. The van der Waals surface area contributed by atoms with E-state index in [1.165, 1.54) is 6.42 Å². The molecule has 144 valence electrons. The van der Waals surface area contributed by atoms with Crippen LogP contribution in [0.15, 0.2) is 12.4 Å². The van der Waals surface area contributed by atoms with Gasteiger partial charge >= 0.3 is 12.1 Å². The summed E-state index contributed by atoms with van der Waals surface area (Å²) in [6.07, 6.45) is 4.90. The van der Waals surface area contributed by atoms with E-state index in [4.69, 9.17) is 4.74 Å². The predicted molar refractivity (Wildman–Crippen MR) is 97.1 cm³/mol. The highest BCUT2D eigenvalue weighted by Crippen LogP contribution is 2.19. The van der Waals surface area contributed by atoms with Crippen molar-refractivity contribution in [2.75, 3.05) is 18.0 Å². The first-order chi connectivity index (χ1) is 12.1. The Labute approximate surface area is 154 Å². The van der Waals surface area contributed by atoms with Crippen molar-refractivity contribution in [2.24, 2.45) is 5.92 Å². The van der Waals surface area contributed by atoms with Crippen molar-refractivity contribution >= 4 is 18.0 Å². The van der Waals surface area contributed by atoms with E-state index in [0.29, 0.717) is 17.4 Å². The Hall–Kier alpha value is -2.38. The van der Waals surface area contributed by atoms with Crippen LogP contribution >= 0.6 is 0 Å². The predicted octanol–water partition coefficient (Wildman–Crippen LogP) is 2.23. The van der Waals surface area contributed by atoms with Crippen LogP contribution in [-0.4, -0.2) is 51.9 Å². The molecule has 1 aromatic rings. The molecule has 8 nitrogen and oxygen atoms in total. The molecular formula is C18H28N4O4. The van der Waals surface area contributed by atoms with Gasteiger partial charge in [-0.1, -0.05) is 6.92 Å². The molecular weight excluding hydrogens is 336 g/mol. The SMILES string of the molecule is CC1CCCN(c2ncc(CC(NC(=O)OC(C)(C)C)C(=O)O)cn2)C1. The van der Waals surface area contributed by atoms with Gasteiger partial charge in [-0.25, -0.2) is 19.6 Å². The molecule has 0 aromatic carbocycles. The third kappa shape index (κ3) is 6.16. The Bertz CT molecular complexity index is 627. The van der Waals surface area contributed by atoms with Gasteiger partial charge in [-0.3, -0.25) is 0 Å². The van der Waals surface area contributed by atoms with E-state index in [9.17, 15) is 14.7 Å². The maximum Gasteiger partial charge on any atom is 0.408 e. The first kappa shape index (κ1) is 19.9. The molecule has 1 fully saturated rings. The lowest BCUT2D eigenvalue weighted by Gasteiger charge is -2.30. The zero-order valence-corrected chi connectivity index (χ0v) is 15.9. The summed E-state index contributed by atoms with van der Waals surface area (Å²) in [6.45, 7) is 9.22. The molecule has 0 bridgehead atoms. The number of aromatic nitrogens is 2. The van der Waals surface area contributed by atoms with Crippen LogP contribution in [0.4, 0.5) is 10.7 Å². The standard InChI is InChI=1S/C18H28N4O4/c1-12-6-5-7-22(11-12)16-19-9-13(10-20-16)8-14(15(23)24)21-17(25)26-18(2,3)4/h9-10,12,14H,5-8,11H2,1-4H3,(H,21,25)(H,23,24). The summed E-state index contributed by atoms with van der Waals surface area (Å²) in [5.74, 6) is 0.138. The summed E-state index contributed by atoms with van der Waals surface area (Å²) in [5, 5.41) is 11.7. The lowest BCUT2D eigenvalue weighted by atomic mass is 10.0. The van der Waals surface area contributed by atoms with Crippen LogP contribution < -0.4 is 10.2 Å². The number of anilines is 1. The number of carboxylic acid groups (broad SMARTS) is 1. The second kappa shape index (κ2) is 8.33. The van der Waals surface area contributed by atoms with Gasteiger partial charge in [-0.15, -0.1) is 0 Å². The van der Waals surface area contributed by atoms with Gasteiger partial charge in [0.1, 0.15) is 11.6 Å². The number of carbonyl (C=O) groups is 2. The fourth-order valence-corrected chi connectivity index (χ4v) is 2.87. The lowest BCUT2D eigenvalue weighted by molar-refractivity contribution is -0.139. The van der Waals surface area contributed by atoms with Gasteiger partial charge in [0.15, 0.2) is 0 Å². The molecule has 0 aliphatic carbocycles. The highest BCUT2D eigenvalue weighted by atomic mass is 16.6. The number of alkyl carbamates (subject to hydrolysis) is 1. The second-order valence-corrected chi connectivity index (χ2v) is 7.83. The minimum Gasteiger partial charge on any atom is -0.480 e. The van der Waals surface area contributed by atoms with Crippen molar-refractivity contribution in [1.29, 1.82) is 0 Å². The number of hydrogen-bond donors (Lipinski definition) is 2. The highest BCUT2D eigenvalue weighted by molar-refractivity contribution is 5.80. The van der Waals surface area contributed by atoms with Crippen molar-refractivity contribution in [1.82, 2.24) is 15.3 Å². The van der Waals surface area contributed by atoms with Gasteiger partial charge in [-0.05, 0) is 45.1 Å². The van der Waals surface area contributed by atoms with Crippen molar-refractivity contribution in [3.8, 4) is 0 Å². The number of amides is 1. The molecule has 2 heterocycles. The van der Waals surface area contributed by atoms with E-state index in [0.717, 1.165) is 19.5 Å². The number of hydrogen-bond acceptors (Lipinski definition) is 6. The van der Waals surface area contributed by atoms with Crippen LogP contribution in [0.2, 0.25) is 0 Å². The minimum atomic E-state index is -1.13. The Morgan fingerprint density at radius 2 is 2.04 bits per heavy atom. The largest absolute Gasteiger partial charge is 0.480 e. The Morgan fingerprint density at radius 1 is 1.38 bits per heavy atom. The molecule has 1 saturated heterocycles. The summed E-state index contributed by atoms with van der Waals surface area (Å²) in [7, 11) is 0. The number of carbonyl (C=O) groups excluding carboxylic acids is 1. The van der Waals surface area contributed by atoms with Crippen LogP contribution in [0.1, 0.15) is 46.1 Å². The number of aliphatic carboxylic acids is 1. The van der Waals surface area contributed by atoms with Crippen molar-refractivity contribution in [3.63, 3.8) is 0 Å². The summed E-state index contributed by atoms with van der Waals surface area (Å²) in [5.41, 5.74) is -0.0500. The molecule has 8 heteroatoms. The van der Waals surface area contributed by atoms with Crippen LogP contribution in [0.3, 0.4) is 0 Å². The summed E-state index contributed by atoms with van der Waals surface area (Å²) >= 11 is 0. The summed E-state index contributed by atoms with van der Waals surface area (Å²) < 4.78 is 5.11. The van der Waals surface area contributed by atoms with Gasteiger partial charge in [-0.2, -0.15) is 0 Å². The number of rotatable bonds is 5. The molecule has 1 aliphatic heterocycles. The Kier molecular flexibility index (Phi) is 6.39. The maximum absolute atomic E-state index is 11.8. The van der Waals surface area contributed by atoms with Gasteiger partial charge in [0.2, 0.25) is 5.95 Å². The fourth-order valence-electron chi connectivity index (χ4n) is 2.87. The van der Waals surface area contributed by atoms with E-state index >= 15 is 0 Å². The number of nitrogens with zero attached hydrogens (tertiary/aromatic N) is 3. The van der Waals surface area contributed by atoms with Crippen molar-refractivity contribution in [2.45, 2.75) is 58.6 Å². The molecule has 2 unspecified atom stereocenters. The number of carboxylic acids is 1. The molecule has 0 radical (unpaired) electrons. The average Bonchev–Trinajstić information content (AvgIpc) is 2.53. The molecule has 1 amide bonds. The summed E-state index contributed by atoms with van der Waals surface area (Å²) in [4.78, 5) is 34.1. The molecule has 0 spiro atoms. The molecule has 0 saturated carbocycles. The van der Waals surface area contributed by atoms with E-state index in [1.54, 1.807) is 33.2 Å². The third-order valence-electron chi connectivity index (χ3n) is 4.06. The normalized spacial score (nSPS) is 18.9. The lowest BCUT2D eigenvalue weighted by Crippen LogP contribution is -2.44.